The smallest absolute Gasteiger partial charge is 0.0665 e. The van der Waals surface area contributed by atoms with E-state index in [1.54, 1.807) is 0 Å². The van der Waals surface area contributed by atoms with Gasteiger partial charge in [0.2, 0.25) is 0 Å². The van der Waals surface area contributed by atoms with Crippen LogP contribution in [0.15, 0.2) is 35.8 Å². The number of hydrogen-bond donors (Lipinski definition) is 0. The van der Waals surface area contributed by atoms with Crippen LogP contribution in [-0.4, -0.2) is 5.71 Å². The monoisotopic (exact) mass is 299 g/mol. The fourth-order valence-corrected chi connectivity index (χ4v) is 2.79. The Morgan fingerprint density at radius 3 is 2.50 bits per heavy atom. The van der Waals surface area contributed by atoms with Crippen LogP contribution in [0.25, 0.3) is 0 Å². The fourth-order valence-electron chi connectivity index (χ4n) is 2.79. The van der Waals surface area contributed by atoms with Crippen LogP contribution < -0.4 is 0 Å². The van der Waals surface area contributed by atoms with E-state index >= 15 is 0 Å². The van der Waals surface area contributed by atoms with Crippen molar-refractivity contribution in [3.63, 3.8) is 0 Å². The Morgan fingerprint density at radius 1 is 1.27 bits per heavy atom. The van der Waals surface area contributed by atoms with Crippen LogP contribution in [0.5, 0.6) is 0 Å². The number of allylic oxidation sites excluding steroid dienone is 1. The second kappa shape index (κ2) is 10.4. The number of aryl methyl sites for hydroxylation is 1. The third kappa shape index (κ3) is 5.79. The zero-order chi connectivity index (χ0) is 16.4. The molecule has 1 fully saturated rings. The van der Waals surface area contributed by atoms with E-state index in [2.05, 4.69) is 43.6 Å². The van der Waals surface area contributed by atoms with Gasteiger partial charge in [0.25, 0.3) is 0 Å². The van der Waals surface area contributed by atoms with Gasteiger partial charge in [0.1, 0.15) is 0 Å². The molecular formula is C21H33N. The molecule has 1 heteroatoms. The Kier molecular flexibility index (Phi) is 8.81. The summed E-state index contributed by atoms with van der Waals surface area (Å²) in [6.45, 7) is 12.0. The lowest BCUT2D eigenvalue weighted by atomic mass is 9.83. The van der Waals surface area contributed by atoms with Crippen LogP contribution in [0.3, 0.4) is 0 Å². The highest BCUT2D eigenvalue weighted by atomic mass is 14.8. The van der Waals surface area contributed by atoms with Gasteiger partial charge in [0.15, 0.2) is 0 Å². The summed E-state index contributed by atoms with van der Waals surface area (Å²) in [5.74, 6) is 1.01. The van der Waals surface area contributed by atoms with E-state index in [4.69, 9.17) is 0 Å². The van der Waals surface area contributed by atoms with E-state index in [1.807, 2.05) is 19.9 Å². The molecule has 0 saturated heterocycles. The first-order valence-electron chi connectivity index (χ1n) is 8.99. The van der Waals surface area contributed by atoms with Crippen molar-refractivity contribution < 1.29 is 0 Å². The summed E-state index contributed by atoms with van der Waals surface area (Å²) in [7, 11) is 0. The molecule has 1 heterocycles. The van der Waals surface area contributed by atoms with Gasteiger partial charge in [-0.1, -0.05) is 70.2 Å². The van der Waals surface area contributed by atoms with Crippen molar-refractivity contribution in [3.8, 4) is 0 Å². The zero-order valence-electron chi connectivity index (χ0n) is 15.0. The summed E-state index contributed by atoms with van der Waals surface area (Å²) in [5, 5.41) is 0. The predicted molar refractivity (Wildman–Crippen MR) is 100 cm³/mol. The molecular weight excluding hydrogens is 266 g/mol. The number of nitrogens with zero attached hydrogens (tertiary/aromatic N) is 1. The molecule has 2 aliphatic rings. The molecule has 0 unspecified atom stereocenters. The van der Waals surface area contributed by atoms with Gasteiger partial charge in [-0.3, -0.25) is 4.99 Å². The number of aliphatic imine (C=N–C) groups is 1. The molecule has 22 heavy (non-hydrogen) atoms. The molecule has 1 aliphatic carbocycles. The van der Waals surface area contributed by atoms with Crippen LogP contribution in [0.1, 0.15) is 70.4 Å². The van der Waals surface area contributed by atoms with Crippen molar-refractivity contribution in [3.05, 3.63) is 42.0 Å². The first kappa shape index (κ1) is 18.7. The average Bonchev–Trinajstić information content (AvgIpc) is 2.88. The van der Waals surface area contributed by atoms with Crippen LogP contribution in [-0.2, 0) is 6.42 Å². The second-order valence-electron chi connectivity index (χ2n) is 6.06. The minimum absolute atomic E-state index is 1.01. The minimum atomic E-state index is 1.01. The van der Waals surface area contributed by atoms with Gasteiger partial charge < -0.3 is 0 Å². The first-order chi connectivity index (χ1) is 10.7. The summed E-state index contributed by atoms with van der Waals surface area (Å²) in [5.41, 5.74) is 5.28. The van der Waals surface area contributed by atoms with Gasteiger partial charge in [0.05, 0.1) is 5.69 Å². The van der Waals surface area contributed by atoms with E-state index in [-0.39, 0.29) is 0 Å². The minimum Gasteiger partial charge on any atom is -0.257 e. The molecule has 0 aromatic heterocycles. The SMILES string of the molecule is C=CCC1CCC1.CC.CCCC1=Nc2ccc(C)cc2C1. The molecule has 0 atom stereocenters. The predicted octanol–water partition coefficient (Wildman–Crippen LogP) is 6.81. The van der Waals surface area contributed by atoms with E-state index in [1.165, 1.54) is 54.6 Å². The fraction of sp³-hybridized carbons (Fsp3) is 0.571. The van der Waals surface area contributed by atoms with Crippen molar-refractivity contribution in [2.75, 3.05) is 0 Å². The van der Waals surface area contributed by atoms with Gasteiger partial charge in [-0.2, -0.15) is 0 Å². The molecule has 1 aliphatic heterocycles. The molecule has 1 saturated carbocycles. The maximum atomic E-state index is 4.60. The molecule has 3 rings (SSSR count). The molecule has 1 nitrogen and oxygen atoms in total. The summed E-state index contributed by atoms with van der Waals surface area (Å²) in [6, 6.07) is 6.52. The van der Waals surface area contributed by atoms with Gasteiger partial charge in [-0.05, 0) is 37.3 Å². The standard InChI is InChI=1S/C12H15N.C7H12.C2H6/c1-3-4-11-8-10-7-9(2)5-6-12(10)13-11;1-2-4-7-5-3-6-7;1-2/h5-7H,3-4,8H2,1-2H3;2,7H,1,3-6H2;1-2H3. The molecule has 0 amide bonds. The van der Waals surface area contributed by atoms with E-state index in [0.717, 1.165) is 18.8 Å². The lowest BCUT2D eigenvalue weighted by Gasteiger charge is -2.23. The molecule has 122 valence electrons. The lowest BCUT2D eigenvalue weighted by molar-refractivity contribution is 0.320. The number of fused-ring (bicyclic) bond motifs is 1. The van der Waals surface area contributed by atoms with Gasteiger partial charge in [0, 0.05) is 12.1 Å². The van der Waals surface area contributed by atoms with Gasteiger partial charge in [-0.15, -0.1) is 6.58 Å². The number of rotatable bonds is 4. The largest absolute Gasteiger partial charge is 0.257 e. The van der Waals surface area contributed by atoms with Crippen molar-refractivity contribution in [2.24, 2.45) is 10.9 Å². The highest BCUT2D eigenvalue weighted by molar-refractivity contribution is 5.93. The Bertz CT molecular complexity index is 481. The Labute approximate surface area is 137 Å². The normalized spacial score (nSPS) is 15.4. The topological polar surface area (TPSA) is 12.4 Å². The first-order valence-corrected chi connectivity index (χ1v) is 8.99. The molecule has 1 aromatic carbocycles. The molecule has 0 bridgehead atoms. The van der Waals surface area contributed by atoms with Crippen LogP contribution in [0, 0.1) is 12.8 Å². The second-order valence-corrected chi connectivity index (χ2v) is 6.06. The maximum Gasteiger partial charge on any atom is 0.0665 e. The van der Waals surface area contributed by atoms with Crippen molar-refractivity contribution in [2.45, 2.75) is 72.6 Å². The van der Waals surface area contributed by atoms with Crippen molar-refractivity contribution in [1.29, 1.82) is 0 Å². The highest BCUT2D eigenvalue weighted by Crippen LogP contribution is 2.29. The summed E-state index contributed by atoms with van der Waals surface area (Å²) in [6.07, 6.45) is 11.1. The lowest BCUT2D eigenvalue weighted by Crippen LogP contribution is -2.08. The van der Waals surface area contributed by atoms with E-state index < -0.39 is 0 Å². The quantitative estimate of drug-likeness (QED) is 0.541. The molecule has 0 N–H and O–H groups in total. The number of benzene rings is 1. The van der Waals surface area contributed by atoms with E-state index in [9.17, 15) is 0 Å². The third-order valence-corrected chi connectivity index (χ3v) is 4.17. The Morgan fingerprint density at radius 2 is 2.00 bits per heavy atom. The summed E-state index contributed by atoms with van der Waals surface area (Å²) >= 11 is 0. The molecule has 1 aromatic rings. The Hall–Kier alpha value is -1.37. The average molecular weight is 300 g/mol. The summed E-state index contributed by atoms with van der Waals surface area (Å²) in [4.78, 5) is 4.60. The highest BCUT2D eigenvalue weighted by Gasteiger charge is 2.14. The van der Waals surface area contributed by atoms with Crippen LogP contribution in [0.2, 0.25) is 0 Å². The van der Waals surface area contributed by atoms with Crippen molar-refractivity contribution >= 4 is 11.4 Å². The molecule has 0 spiro atoms. The zero-order valence-corrected chi connectivity index (χ0v) is 15.0. The van der Waals surface area contributed by atoms with Gasteiger partial charge in [-0.25, -0.2) is 0 Å². The van der Waals surface area contributed by atoms with Crippen LogP contribution >= 0.6 is 0 Å². The van der Waals surface area contributed by atoms with Crippen molar-refractivity contribution in [1.82, 2.24) is 0 Å². The van der Waals surface area contributed by atoms with Crippen LogP contribution in [0.4, 0.5) is 5.69 Å². The Balaban J connectivity index is 0.000000228. The van der Waals surface area contributed by atoms with E-state index in [0.29, 0.717) is 0 Å². The summed E-state index contributed by atoms with van der Waals surface area (Å²) < 4.78 is 0. The van der Waals surface area contributed by atoms with Gasteiger partial charge >= 0.3 is 0 Å². The number of hydrogen-bond acceptors (Lipinski definition) is 1. The molecule has 0 radical (unpaired) electrons. The maximum absolute atomic E-state index is 4.60. The third-order valence-electron chi connectivity index (χ3n) is 4.17.